The Labute approximate surface area is 383 Å². The third-order valence-corrected chi connectivity index (χ3v) is 14.2. The third kappa shape index (κ3) is 6.28. The molecule has 12 rings (SSSR count). The van der Waals surface area contributed by atoms with Gasteiger partial charge in [0.05, 0.1) is 17.0 Å². The summed E-state index contributed by atoms with van der Waals surface area (Å²) in [7, 11) is 0. The van der Waals surface area contributed by atoms with E-state index in [1.54, 1.807) is 0 Å². The maximum absolute atomic E-state index is 7.27. The van der Waals surface area contributed by atoms with Gasteiger partial charge in [-0.05, 0) is 137 Å². The molecule has 3 aliphatic rings. The number of furan rings is 2. The number of aryl methyl sites for hydroxylation is 2. The Morgan fingerprint density at radius 1 is 0.538 bits per heavy atom. The fraction of sp³-hybridized carbons (Fsp3) is 0.220. The van der Waals surface area contributed by atoms with Crippen molar-refractivity contribution in [1.29, 1.82) is 0 Å². The fourth-order valence-electron chi connectivity index (χ4n) is 10.9. The van der Waals surface area contributed by atoms with Gasteiger partial charge in [-0.1, -0.05) is 120 Å². The SMILES string of the molecule is Cc1cc2c3c(c1)N(c1cccc4c1oc1ccccc14)c1cc(N(c4ccc(C(C)(C)C)cc4)c4ccc(C(C)(C)C)cc4)ccc1B3c1oc3c(c1N2c1ccccc1)CCCC3. The molecule has 0 bridgehead atoms. The van der Waals surface area contributed by atoms with Crippen LogP contribution in [0.3, 0.4) is 0 Å². The lowest BCUT2D eigenvalue weighted by atomic mass is 9.35. The largest absolute Gasteiger partial charge is 0.473 e. The summed E-state index contributed by atoms with van der Waals surface area (Å²) < 4.78 is 14.2. The van der Waals surface area contributed by atoms with Crippen molar-refractivity contribution in [3.8, 4) is 0 Å². The molecule has 1 aliphatic carbocycles. The number of rotatable bonds is 5. The van der Waals surface area contributed by atoms with Gasteiger partial charge < -0.3 is 23.5 Å². The van der Waals surface area contributed by atoms with Gasteiger partial charge in [0, 0.05) is 62.6 Å². The highest BCUT2D eigenvalue weighted by Crippen LogP contribution is 2.50. The van der Waals surface area contributed by atoms with Crippen molar-refractivity contribution >= 4 is 96.4 Å². The molecule has 7 aromatic carbocycles. The Kier molecular flexibility index (Phi) is 8.88. The van der Waals surface area contributed by atoms with Gasteiger partial charge in [0.25, 0.3) is 6.71 Å². The number of anilines is 9. The van der Waals surface area contributed by atoms with Crippen LogP contribution in [-0.4, -0.2) is 6.71 Å². The first-order valence-corrected chi connectivity index (χ1v) is 23.4. The first-order chi connectivity index (χ1) is 31.4. The van der Waals surface area contributed by atoms with E-state index < -0.39 is 0 Å². The van der Waals surface area contributed by atoms with E-state index in [-0.39, 0.29) is 17.5 Å². The van der Waals surface area contributed by atoms with Crippen LogP contribution in [0.15, 0.2) is 160 Å². The molecular weight excluding hydrogens is 793 g/mol. The number of hydrogen-bond donors (Lipinski definition) is 0. The molecule has 0 unspecified atom stereocenters. The summed E-state index contributed by atoms with van der Waals surface area (Å²) in [6.07, 6.45) is 4.28. The second-order valence-corrected chi connectivity index (χ2v) is 20.5. The molecule has 0 radical (unpaired) electrons. The smallest absolute Gasteiger partial charge is 0.297 e. The van der Waals surface area contributed by atoms with E-state index in [9.17, 15) is 0 Å². The van der Waals surface area contributed by atoms with Crippen molar-refractivity contribution in [3.05, 3.63) is 180 Å². The van der Waals surface area contributed by atoms with Crippen molar-refractivity contribution in [2.45, 2.75) is 85.0 Å². The van der Waals surface area contributed by atoms with Gasteiger partial charge in [-0.2, -0.15) is 0 Å². The summed E-state index contributed by atoms with van der Waals surface area (Å²) in [5.74, 6) is 1.14. The van der Waals surface area contributed by atoms with Crippen LogP contribution < -0.4 is 31.3 Å². The minimum atomic E-state index is -0.123. The molecule has 0 atom stereocenters. The van der Waals surface area contributed by atoms with Crippen LogP contribution in [-0.2, 0) is 23.7 Å². The summed E-state index contributed by atoms with van der Waals surface area (Å²) in [6, 6.07) is 56.2. The summed E-state index contributed by atoms with van der Waals surface area (Å²) in [6.45, 7) is 15.8. The molecule has 0 amide bonds. The summed E-state index contributed by atoms with van der Waals surface area (Å²) in [4.78, 5) is 7.42. The molecule has 2 aliphatic heterocycles. The second kappa shape index (κ2) is 14.6. The van der Waals surface area contributed by atoms with Crippen LogP contribution in [0.2, 0.25) is 0 Å². The van der Waals surface area contributed by atoms with Gasteiger partial charge >= 0.3 is 0 Å². The van der Waals surface area contributed by atoms with Crippen LogP contribution in [0.1, 0.15) is 82.4 Å². The lowest BCUT2D eigenvalue weighted by Crippen LogP contribution is -2.61. The third-order valence-electron chi connectivity index (χ3n) is 14.2. The van der Waals surface area contributed by atoms with E-state index in [0.717, 1.165) is 98.9 Å². The van der Waals surface area contributed by atoms with Crippen molar-refractivity contribution in [2.24, 2.45) is 0 Å². The molecule has 0 N–H and O–H groups in total. The molecule has 2 aromatic heterocycles. The molecule has 0 fully saturated rings. The highest BCUT2D eigenvalue weighted by molar-refractivity contribution is 6.99. The molecule has 320 valence electrons. The van der Waals surface area contributed by atoms with Crippen molar-refractivity contribution in [3.63, 3.8) is 0 Å². The van der Waals surface area contributed by atoms with E-state index in [0.29, 0.717) is 0 Å². The summed E-state index contributed by atoms with van der Waals surface area (Å²) in [5, 5.41) is 2.22. The first kappa shape index (κ1) is 39.7. The zero-order valence-corrected chi connectivity index (χ0v) is 38.5. The summed E-state index contributed by atoms with van der Waals surface area (Å²) >= 11 is 0. The molecule has 4 heterocycles. The van der Waals surface area contributed by atoms with Gasteiger partial charge in [-0.25, -0.2) is 0 Å². The monoisotopic (exact) mass is 847 g/mol. The van der Waals surface area contributed by atoms with Crippen LogP contribution in [0.25, 0.3) is 21.9 Å². The lowest BCUT2D eigenvalue weighted by Gasteiger charge is -2.43. The van der Waals surface area contributed by atoms with E-state index in [1.165, 1.54) is 44.6 Å². The van der Waals surface area contributed by atoms with Crippen molar-refractivity contribution < 1.29 is 8.83 Å². The van der Waals surface area contributed by atoms with Crippen LogP contribution in [0.4, 0.5) is 51.2 Å². The number of para-hydroxylation sites is 3. The van der Waals surface area contributed by atoms with Gasteiger partial charge in [0.1, 0.15) is 11.3 Å². The van der Waals surface area contributed by atoms with Gasteiger partial charge in [-0.15, -0.1) is 0 Å². The average Bonchev–Trinajstić information content (AvgIpc) is 3.88. The molecule has 5 nitrogen and oxygen atoms in total. The fourth-order valence-corrected chi connectivity index (χ4v) is 10.9. The topological polar surface area (TPSA) is 36.0 Å². The van der Waals surface area contributed by atoms with E-state index in [4.69, 9.17) is 8.83 Å². The zero-order chi connectivity index (χ0) is 44.4. The van der Waals surface area contributed by atoms with E-state index in [1.807, 2.05) is 0 Å². The number of fused-ring (bicyclic) bond motifs is 9. The standard InChI is InChI=1S/C59H54BN3O2/c1-37-34-50-54-51(35-37)63(48-21-15-20-45-44-18-11-13-22-52(44)64-56(45)48)49-36-43(61(41-28-24-38(25-29-41)58(2,3)4)42-30-26-39(27-31-42)59(5,6)7)32-33-47(49)60(54)57-55(46-19-12-14-23-53(46)65-57)62(50)40-16-9-8-10-17-40/h8-11,13,15-18,20-22,24-36H,12,14,19,23H2,1-7H3. The second-order valence-electron chi connectivity index (χ2n) is 20.5. The van der Waals surface area contributed by atoms with Gasteiger partial charge in [-0.3, -0.25) is 0 Å². The van der Waals surface area contributed by atoms with Gasteiger partial charge in [0.2, 0.25) is 0 Å². The van der Waals surface area contributed by atoms with Crippen molar-refractivity contribution in [2.75, 3.05) is 14.7 Å². The minimum Gasteiger partial charge on any atom is -0.473 e. The normalized spacial score (nSPS) is 14.4. The molecule has 0 saturated carbocycles. The van der Waals surface area contributed by atoms with E-state index in [2.05, 4.69) is 215 Å². The van der Waals surface area contributed by atoms with Crippen LogP contribution in [0, 0.1) is 6.92 Å². The van der Waals surface area contributed by atoms with E-state index >= 15 is 0 Å². The first-order valence-electron chi connectivity index (χ1n) is 23.4. The highest BCUT2D eigenvalue weighted by atomic mass is 16.3. The Bertz CT molecular complexity index is 3250. The Morgan fingerprint density at radius 2 is 1.15 bits per heavy atom. The molecule has 65 heavy (non-hydrogen) atoms. The maximum Gasteiger partial charge on any atom is 0.297 e. The summed E-state index contributed by atoms with van der Waals surface area (Å²) in [5.41, 5.74) is 20.6. The Morgan fingerprint density at radius 3 is 1.85 bits per heavy atom. The predicted molar refractivity (Wildman–Crippen MR) is 273 cm³/mol. The van der Waals surface area contributed by atoms with Crippen LogP contribution in [0.5, 0.6) is 0 Å². The lowest BCUT2D eigenvalue weighted by molar-refractivity contribution is 0.497. The average molecular weight is 848 g/mol. The molecule has 9 aromatic rings. The number of hydrogen-bond acceptors (Lipinski definition) is 5. The Balaban J connectivity index is 1.15. The number of nitrogens with zero attached hydrogens (tertiary/aromatic N) is 3. The van der Waals surface area contributed by atoms with Crippen molar-refractivity contribution in [1.82, 2.24) is 0 Å². The van der Waals surface area contributed by atoms with Gasteiger partial charge in [0.15, 0.2) is 5.58 Å². The Hall–Kier alpha value is -6.92. The molecule has 0 saturated heterocycles. The molecule has 0 spiro atoms. The predicted octanol–water partition coefficient (Wildman–Crippen LogP) is 14.5. The quantitative estimate of drug-likeness (QED) is 0.161. The zero-order valence-electron chi connectivity index (χ0n) is 38.5. The maximum atomic E-state index is 7.27. The number of benzene rings is 7. The highest BCUT2D eigenvalue weighted by Gasteiger charge is 2.48. The minimum absolute atomic E-state index is 0.0338. The molecule has 6 heteroatoms. The molecular formula is C59H54BN3O2. The van der Waals surface area contributed by atoms with Crippen LogP contribution >= 0.6 is 0 Å².